The van der Waals surface area contributed by atoms with Crippen LogP contribution in [0.1, 0.15) is 56.1 Å². The number of carbonyl (C=O) groups excluding carboxylic acids is 1. The van der Waals surface area contributed by atoms with Gasteiger partial charge in [0.2, 0.25) is 5.91 Å². The molecule has 0 aromatic heterocycles. The SMILES string of the molecule is NC(=O)C1(NC2CCCCCC2)CCc2cc(Cl)ccc21. The van der Waals surface area contributed by atoms with Crippen molar-refractivity contribution in [3.63, 3.8) is 0 Å². The monoisotopic (exact) mass is 306 g/mol. The number of nitrogens with one attached hydrogen (secondary N) is 1. The number of fused-ring (bicyclic) bond motifs is 1. The second-order valence-corrected chi connectivity index (χ2v) is 6.84. The van der Waals surface area contributed by atoms with E-state index in [2.05, 4.69) is 5.32 Å². The molecule has 4 heteroatoms. The fraction of sp³-hybridized carbons (Fsp3) is 0.588. The van der Waals surface area contributed by atoms with Gasteiger partial charge in [0.05, 0.1) is 0 Å². The van der Waals surface area contributed by atoms with Gasteiger partial charge in [-0.25, -0.2) is 0 Å². The second-order valence-electron chi connectivity index (χ2n) is 6.40. The van der Waals surface area contributed by atoms with Crippen LogP contribution in [0.25, 0.3) is 0 Å². The molecule has 0 heterocycles. The lowest BCUT2D eigenvalue weighted by atomic mass is 9.89. The van der Waals surface area contributed by atoms with E-state index in [0.717, 1.165) is 41.8 Å². The zero-order valence-corrected chi connectivity index (χ0v) is 13.1. The number of primary amides is 1. The van der Waals surface area contributed by atoms with E-state index in [1.807, 2.05) is 18.2 Å². The van der Waals surface area contributed by atoms with Crippen molar-refractivity contribution in [2.24, 2.45) is 5.73 Å². The van der Waals surface area contributed by atoms with Crippen molar-refractivity contribution in [3.05, 3.63) is 34.3 Å². The van der Waals surface area contributed by atoms with E-state index < -0.39 is 5.54 Å². The average Bonchev–Trinajstić information content (AvgIpc) is 2.64. The molecule has 1 unspecified atom stereocenters. The zero-order valence-electron chi connectivity index (χ0n) is 12.3. The molecule has 1 atom stereocenters. The summed E-state index contributed by atoms with van der Waals surface area (Å²) in [6.45, 7) is 0. The normalized spacial score (nSPS) is 26.3. The van der Waals surface area contributed by atoms with E-state index in [1.54, 1.807) is 0 Å². The summed E-state index contributed by atoms with van der Waals surface area (Å²) in [5, 5.41) is 4.35. The molecular weight excluding hydrogens is 284 g/mol. The molecule has 0 saturated heterocycles. The Hall–Kier alpha value is -1.06. The number of benzene rings is 1. The van der Waals surface area contributed by atoms with Crippen molar-refractivity contribution in [1.82, 2.24) is 5.32 Å². The maximum absolute atomic E-state index is 12.3. The molecule has 1 saturated carbocycles. The summed E-state index contributed by atoms with van der Waals surface area (Å²) in [5.41, 5.74) is 7.29. The summed E-state index contributed by atoms with van der Waals surface area (Å²) >= 11 is 6.07. The molecule has 2 aliphatic rings. The van der Waals surface area contributed by atoms with Gasteiger partial charge in [0.25, 0.3) is 0 Å². The lowest BCUT2D eigenvalue weighted by Crippen LogP contribution is -2.54. The van der Waals surface area contributed by atoms with Gasteiger partial charge in [-0.15, -0.1) is 0 Å². The number of nitrogens with two attached hydrogens (primary N) is 1. The molecule has 1 amide bonds. The molecule has 1 fully saturated rings. The number of halogens is 1. The van der Waals surface area contributed by atoms with Gasteiger partial charge in [0.1, 0.15) is 5.54 Å². The number of hydrogen-bond donors (Lipinski definition) is 2. The number of carbonyl (C=O) groups is 1. The maximum Gasteiger partial charge on any atom is 0.242 e. The molecule has 0 spiro atoms. The highest BCUT2D eigenvalue weighted by atomic mass is 35.5. The molecule has 0 bridgehead atoms. The van der Waals surface area contributed by atoms with Gasteiger partial charge in [-0.2, -0.15) is 0 Å². The van der Waals surface area contributed by atoms with E-state index in [-0.39, 0.29) is 5.91 Å². The fourth-order valence-electron chi connectivity index (χ4n) is 3.89. The number of hydrogen-bond acceptors (Lipinski definition) is 2. The summed E-state index contributed by atoms with van der Waals surface area (Å²) in [6.07, 6.45) is 8.95. The predicted molar refractivity (Wildman–Crippen MR) is 85.3 cm³/mol. The minimum atomic E-state index is -0.699. The highest BCUT2D eigenvalue weighted by Crippen LogP contribution is 2.39. The molecule has 2 aliphatic carbocycles. The minimum Gasteiger partial charge on any atom is -0.368 e. The lowest BCUT2D eigenvalue weighted by molar-refractivity contribution is -0.125. The van der Waals surface area contributed by atoms with Gasteiger partial charge in [0, 0.05) is 11.1 Å². The van der Waals surface area contributed by atoms with Gasteiger partial charge in [-0.3, -0.25) is 10.1 Å². The van der Waals surface area contributed by atoms with Crippen molar-refractivity contribution in [2.45, 2.75) is 62.9 Å². The van der Waals surface area contributed by atoms with Gasteiger partial charge in [-0.05, 0) is 48.9 Å². The van der Waals surface area contributed by atoms with Gasteiger partial charge < -0.3 is 5.73 Å². The van der Waals surface area contributed by atoms with Gasteiger partial charge >= 0.3 is 0 Å². The van der Waals surface area contributed by atoms with Crippen LogP contribution in [0.3, 0.4) is 0 Å². The van der Waals surface area contributed by atoms with Crippen molar-refractivity contribution >= 4 is 17.5 Å². The van der Waals surface area contributed by atoms with E-state index >= 15 is 0 Å². The maximum atomic E-state index is 12.3. The molecular formula is C17H23ClN2O. The highest BCUT2D eigenvalue weighted by Gasteiger charge is 2.45. The third kappa shape index (κ3) is 2.82. The zero-order chi connectivity index (χ0) is 14.9. The van der Waals surface area contributed by atoms with E-state index in [1.165, 1.54) is 25.7 Å². The summed E-state index contributed by atoms with van der Waals surface area (Å²) in [5.74, 6) is -0.257. The summed E-state index contributed by atoms with van der Waals surface area (Å²) in [4.78, 5) is 12.3. The first-order valence-electron chi connectivity index (χ1n) is 7.98. The molecule has 3 nitrogen and oxygen atoms in total. The standard InChI is InChI=1S/C17H23ClN2O/c18-13-7-8-15-12(11-13)9-10-17(15,16(19)21)20-14-5-3-1-2-4-6-14/h7-8,11,14,20H,1-6,9-10H2,(H2,19,21). The quantitative estimate of drug-likeness (QED) is 0.842. The van der Waals surface area contributed by atoms with Crippen LogP contribution in [0.5, 0.6) is 0 Å². The molecule has 114 valence electrons. The van der Waals surface area contributed by atoms with Crippen LogP contribution in [-0.2, 0) is 16.8 Å². The smallest absolute Gasteiger partial charge is 0.242 e. The van der Waals surface area contributed by atoms with E-state index in [4.69, 9.17) is 17.3 Å². The summed E-state index contributed by atoms with van der Waals surface area (Å²) in [6, 6.07) is 6.19. The molecule has 0 aliphatic heterocycles. The Morgan fingerprint density at radius 1 is 1.24 bits per heavy atom. The van der Waals surface area contributed by atoms with Crippen LogP contribution in [-0.4, -0.2) is 11.9 Å². The van der Waals surface area contributed by atoms with Crippen LogP contribution in [0, 0.1) is 0 Å². The van der Waals surface area contributed by atoms with Crippen molar-refractivity contribution in [2.75, 3.05) is 0 Å². The first-order valence-corrected chi connectivity index (χ1v) is 8.36. The van der Waals surface area contributed by atoms with Crippen molar-refractivity contribution in [3.8, 4) is 0 Å². The van der Waals surface area contributed by atoms with Crippen LogP contribution >= 0.6 is 11.6 Å². The molecule has 3 N–H and O–H groups in total. The second kappa shape index (κ2) is 5.98. The first-order chi connectivity index (χ1) is 10.1. The Bertz CT molecular complexity index is 538. The van der Waals surface area contributed by atoms with Gasteiger partial charge in [0.15, 0.2) is 0 Å². The molecule has 1 aromatic carbocycles. The van der Waals surface area contributed by atoms with E-state index in [0.29, 0.717) is 6.04 Å². The third-order valence-corrected chi connectivity index (χ3v) is 5.26. The van der Waals surface area contributed by atoms with Crippen LogP contribution in [0.4, 0.5) is 0 Å². The highest BCUT2D eigenvalue weighted by molar-refractivity contribution is 6.30. The Morgan fingerprint density at radius 2 is 1.95 bits per heavy atom. The molecule has 0 radical (unpaired) electrons. The van der Waals surface area contributed by atoms with Crippen LogP contribution in [0.15, 0.2) is 18.2 Å². The summed E-state index contributed by atoms with van der Waals surface area (Å²) in [7, 11) is 0. The lowest BCUT2D eigenvalue weighted by Gasteiger charge is -2.33. The Morgan fingerprint density at radius 3 is 2.62 bits per heavy atom. The fourth-order valence-corrected chi connectivity index (χ4v) is 4.09. The molecule has 21 heavy (non-hydrogen) atoms. The average molecular weight is 307 g/mol. The molecule has 3 rings (SSSR count). The Kier molecular flexibility index (Phi) is 4.23. The third-order valence-electron chi connectivity index (χ3n) is 5.02. The van der Waals surface area contributed by atoms with Crippen LogP contribution < -0.4 is 11.1 Å². The topological polar surface area (TPSA) is 55.1 Å². The largest absolute Gasteiger partial charge is 0.368 e. The van der Waals surface area contributed by atoms with Crippen molar-refractivity contribution in [1.29, 1.82) is 0 Å². The van der Waals surface area contributed by atoms with Gasteiger partial charge in [-0.1, -0.05) is 43.4 Å². The first kappa shape index (κ1) is 14.9. The Labute approximate surface area is 131 Å². The summed E-state index contributed by atoms with van der Waals surface area (Å²) < 4.78 is 0. The number of amides is 1. The van der Waals surface area contributed by atoms with Crippen LogP contribution in [0.2, 0.25) is 5.02 Å². The minimum absolute atomic E-state index is 0.257. The van der Waals surface area contributed by atoms with E-state index in [9.17, 15) is 4.79 Å². The molecule has 1 aromatic rings. The number of aryl methyl sites for hydroxylation is 1. The predicted octanol–water partition coefficient (Wildman–Crippen LogP) is 3.28. The number of rotatable bonds is 3. The van der Waals surface area contributed by atoms with Crippen molar-refractivity contribution < 1.29 is 4.79 Å². The Balaban J connectivity index is 1.90.